The van der Waals surface area contributed by atoms with Crippen molar-refractivity contribution in [1.82, 2.24) is 5.32 Å². The van der Waals surface area contributed by atoms with Crippen LogP contribution in [0.2, 0.25) is 0 Å². The molecule has 1 rings (SSSR count). The van der Waals surface area contributed by atoms with Gasteiger partial charge in [-0.1, -0.05) is 13.3 Å². The van der Waals surface area contributed by atoms with E-state index in [-0.39, 0.29) is 36.7 Å². The number of benzene rings is 1. The lowest BCUT2D eigenvalue weighted by Crippen LogP contribution is -2.38. The Morgan fingerprint density at radius 3 is 2.60 bits per heavy atom. The summed E-state index contributed by atoms with van der Waals surface area (Å²) in [5, 5.41) is 25.3. The Hall–Kier alpha value is -2.39. The van der Waals surface area contributed by atoms with E-state index in [0.717, 1.165) is 0 Å². The lowest BCUT2D eigenvalue weighted by molar-refractivity contribution is -0.384. The third-order valence-electron chi connectivity index (χ3n) is 3.29. The van der Waals surface area contributed by atoms with Crippen LogP contribution < -0.4 is 15.4 Å². The van der Waals surface area contributed by atoms with Gasteiger partial charge >= 0.3 is 5.97 Å². The molecule has 0 bridgehead atoms. The third-order valence-corrected chi connectivity index (χ3v) is 3.29. The molecule has 0 spiro atoms. The molecule has 0 heterocycles. The topological polar surface area (TPSA) is 131 Å². The number of hydrogen-bond donors (Lipinski definition) is 3. The van der Waals surface area contributed by atoms with Crippen LogP contribution in [0.5, 0.6) is 5.75 Å². The van der Waals surface area contributed by atoms with Crippen LogP contribution in [-0.4, -0.2) is 41.6 Å². The summed E-state index contributed by atoms with van der Waals surface area (Å²) in [4.78, 5) is 33.3. The number of carbonyl (C=O) groups excluding carboxylic acids is 1. The first kappa shape index (κ1) is 22.6. The minimum atomic E-state index is -0.969. The van der Waals surface area contributed by atoms with Crippen molar-refractivity contribution in [2.24, 2.45) is 0 Å². The largest absolute Gasteiger partial charge is 0.496 e. The molecule has 0 saturated heterocycles. The van der Waals surface area contributed by atoms with Crippen LogP contribution in [0.25, 0.3) is 0 Å². The number of amides is 1. The summed E-state index contributed by atoms with van der Waals surface area (Å²) in [6, 6.07) is 3.40. The number of nitro groups is 1. The van der Waals surface area contributed by atoms with Crippen molar-refractivity contribution in [3.8, 4) is 5.75 Å². The van der Waals surface area contributed by atoms with E-state index in [9.17, 15) is 19.7 Å². The minimum Gasteiger partial charge on any atom is -0.496 e. The SMILES string of the molecule is CCCC(NCCC(=O)Nc1ccc(OC)cc1[N+](=O)[O-])C(=O)O.Cl. The van der Waals surface area contributed by atoms with E-state index >= 15 is 0 Å². The number of rotatable bonds is 10. The first-order chi connectivity index (χ1) is 11.4. The maximum atomic E-state index is 11.9. The number of nitro benzene ring substituents is 1. The van der Waals surface area contributed by atoms with Crippen LogP contribution in [0.4, 0.5) is 11.4 Å². The predicted octanol–water partition coefficient (Wildman–Crippen LogP) is 2.20. The quantitative estimate of drug-likeness (QED) is 0.422. The first-order valence-corrected chi connectivity index (χ1v) is 7.47. The number of aliphatic carboxylic acids is 1. The van der Waals surface area contributed by atoms with Gasteiger partial charge in [0.15, 0.2) is 0 Å². The smallest absolute Gasteiger partial charge is 0.320 e. The van der Waals surface area contributed by atoms with E-state index in [1.165, 1.54) is 25.3 Å². The number of carboxylic acids is 1. The summed E-state index contributed by atoms with van der Waals surface area (Å²) >= 11 is 0. The Kier molecular flexibility index (Phi) is 10.1. The van der Waals surface area contributed by atoms with Crippen molar-refractivity contribution < 1.29 is 24.4 Å². The molecule has 10 heteroatoms. The molecule has 0 aromatic heterocycles. The van der Waals surface area contributed by atoms with E-state index in [2.05, 4.69) is 10.6 Å². The molecule has 0 saturated carbocycles. The summed E-state index contributed by atoms with van der Waals surface area (Å²) in [6.45, 7) is 2.03. The van der Waals surface area contributed by atoms with Crippen LogP contribution in [0.15, 0.2) is 18.2 Å². The second kappa shape index (κ2) is 11.2. The normalized spacial score (nSPS) is 11.1. The molecule has 0 fully saturated rings. The molecular formula is C15H22ClN3O6. The number of halogens is 1. The number of ether oxygens (including phenoxy) is 1. The van der Waals surface area contributed by atoms with Gasteiger partial charge in [-0.15, -0.1) is 12.4 Å². The Morgan fingerprint density at radius 2 is 2.08 bits per heavy atom. The predicted molar refractivity (Wildman–Crippen MR) is 94.5 cm³/mol. The van der Waals surface area contributed by atoms with Crippen molar-refractivity contribution >= 4 is 35.7 Å². The van der Waals surface area contributed by atoms with Gasteiger partial charge in [0, 0.05) is 13.0 Å². The van der Waals surface area contributed by atoms with Gasteiger partial charge in [0.25, 0.3) is 5.69 Å². The van der Waals surface area contributed by atoms with E-state index in [1.54, 1.807) is 0 Å². The molecular weight excluding hydrogens is 354 g/mol. The molecule has 0 radical (unpaired) electrons. The van der Waals surface area contributed by atoms with E-state index in [1.807, 2.05) is 6.92 Å². The summed E-state index contributed by atoms with van der Waals surface area (Å²) in [5.41, 5.74) is -0.209. The highest BCUT2D eigenvalue weighted by Crippen LogP contribution is 2.28. The van der Waals surface area contributed by atoms with Gasteiger partial charge in [0.2, 0.25) is 5.91 Å². The van der Waals surface area contributed by atoms with Gasteiger partial charge in [-0.05, 0) is 18.6 Å². The number of nitrogens with one attached hydrogen (secondary N) is 2. The van der Waals surface area contributed by atoms with Gasteiger partial charge in [0.1, 0.15) is 17.5 Å². The van der Waals surface area contributed by atoms with Gasteiger partial charge in [-0.2, -0.15) is 0 Å². The molecule has 1 aromatic carbocycles. The van der Waals surface area contributed by atoms with Crippen LogP contribution >= 0.6 is 12.4 Å². The Labute approximate surface area is 151 Å². The first-order valence-electron chi connectivity index (χ1n) is 7.47. The van der Waals surface area contributed by atoms with E-state index < -0.39 is 22.8 Å². The highest BCUT2D eigenvalue weighted by Gasteiger charge is 2.18. The minimum absolute atomic E-state index is 0. The molecule has 1 unspecified atom stereocenters. The van der Waals surface area contributed by atoms with Crippen LogP contribution in [0, 0.1) is 10.1 Å². The summed E-state index contributed by atoms with van der Waals surface area (Å²) in [7, 11) is 1.39. The fourth-order valence-electron chi connectivity index (χ4n) is 2.07. The average molecular weight is 376 g/mol. The summed E-state index contributed by atoms with van der Waals surface area (Å²) in [6.07, 6.45) is 1.16. The number of carbonyl (C=O) groups is 2. The molecule has 1 atom stereocenters. The van der Waals surface area contributed by atoms with Crippen LogP contribution in [0.3, 0.4) is 0 Å². The molecule has 1 aromatic rings. The molecule has 0 aliphatic heterocycles. The number of nitrogens with zero attached hydrogens (tertiary/aromatic N) is 1. The van der Waals surface area contributed by atoms with E-state index in [4.69, 9.17) is 9.84 Å². The molecule has 0 aliphatic carbocycles. The Morgan fingerprint density at radius 1 is 1.40 bits per heavy atom. The Bertz CT molecular complexity index is 611. The molecule has 1 amide bonds. The zero-order chi connectivity index (χ0) is 18.1. The van der Waals surface area contributed by atoms with Crippen LogP contribution in [-0.2, 0) is 9.59 Å². The molecule has 3 N–H and O–H groups in total. The lowest BCUT2D eigenvalue weighted by atomic mass is 10.1. The van der Waals surface area contributed by atoms with Crippen molar-refractivity contribution in [1.29, 1.82) is 0 Å². The third kappa shape index (κ3) is 7.36. The van der Waals surface area contributed by atoms with Crippen molar-refractivity contribution in [3.05, 3.63) is 28.3 Å². The Balaban J connectivity index is 0.00000576. The second-order valence-electron chi connectivity index (χ2n) is 5.07. The second-order valence-corrected chi connectivity index (χ2v) is 5.07. The van der Waals surface area contributed by atoms with Gasteiger partial charge in [-0.25, -0.2) is 0 Å². The zero-order valence-electron chi connectivity index (χ0n) is 14.0. The zero-order valence-corrected chi connectivity index (χ0v) is 14.8. The van der Waals surface area contributed by atoms with Gasteiger partial charge < -0.3 is 20.5 Å². The highest BCUT2D eigenvalue weighted by molar-refractivity contribution is 5.93. The maximum absolute atomic E-state index is 11.9. The van der Waals surface area contributed by atoms with Crippen molar-refractivity contribution in [2.45, 2.75) is 32.2 Å². The number of anilines is 1. The molecule has 25 heavy (non-hydrogen) atoms. The fourth-order valence-corrected chi connectivity index (χ4v) is 2.07. The van der Waals surface area contributed by atoms with Crippen LogP contribution in [0.1, 0.15) is 26.2 Å². The molecule has 9 nitrogen and oxygen atoms in total. The molecule has 0 aliphatic rings. The number of hydrogen-bond acceptors (Lipinski definition) is 6. The lowest BCUT2D eigenvalue weighted by Gasteiger charge is -2.13. The number of methoxy groups -OCH3 is 1. The maximum Gasteiger partial charge on any atom is 0.320 e. The summed E-state index contributed by atoms with van der Waals surface area (Å²) < 4.78 is 4.92. The van der Waals surface area contributed by atoms with E-state index in [0.29, 0.717) is 18.6 Å². The highest BCUT2D eigenvalue weighted by atomic mass is 35.5. The standard InChI is InChI=1S/C15H21N3O6.ClH/c1-3-4-12(15(20)21)16-8-7-14(19)17-11-6-5-10(24-2)9-13(11)18(22)23;/h5-6,9,12,16H,3-4,7-8H2,1-2H3,(H,17,19)(H,20,21);1H. The number of carboxylic acid groups (broad SMARTS) is 1. The van der Waals surface area contributed by atoms with Gasteiger partial charge in [-0.3, -0.25) is 19.7 Å². The monoisotopic (exact) mass is 375 g/mol. The summed E-state index contributed by atoms with van der Waals surface area (Å²) in [5.74, 6) is -1.11. The van der Waals surface area contributed by atoms with Crippen molar-refractivity contribution in [3.63, 3.8) is 0 Å². The fraction of sp³-hybridized carbons (Fsp3) is 0.467. The van der Waals surface area contributed by atoms with Crippen molar-refractivity contribution in [2.75, 3.05) is 19.0 Å². The molecule has 140 valence electrons. The van der Waals surface area contributed by atoms with Gasteiger partial charge in [0.05, 0.1) is 18.1 Å². The average Bonchev–Trinajstić information content (AvgIpc) is 2.54.